The Labute approximate surface area is 297 Å². The summed E-state index contributed by atoms with van der Waals surface area (Å²) in [5.74, 6) is 0. The van der Waals surface area contributed by atoms with Crippen LogP contribution in [0.25, 0.3) is 64.7 Å². The van der Waals surface area contributed by atoms with Crippen molar-refractivity contribution in [1.29, 1.82) is 0 Å². The molecule has 0 bridgehead atoms. The highest BCUT2D eigenvalue weighted by atomic mass is 32.1. The smallest absolute Gasteiger partial charge is 0.0555 e. The van der Waals surface area contributed by atoms with Crippen molar-refractivity contribution in [2.45, 2.75) is 0 Å². The van der Waals surface area contributed by atoms with Crippen molar-refractivity contribution < 1.29 is 0 Å². The van der Waals surface area contributed by atoms with Gasteiger partial charge in [-0.25, -0.2) is 0 Å². The first-order valence-corrected chi connectivity index (χ1v) is 17.8. The van der Waals surface area contributed by atoms with Crippen LogP contribution in [0, 0.1) is 0 Å². The lowest BCUT2D eigenvalue weighted by Crippen LogP contribution is -2.11. The Morgan fingerprint density at radius 1 is 0.300 bits per heavy atom. The molecule has 0 aliphatic rings. The van der Waals surface area contributed by atoms with E-state index in [0.717, 1.165) is 11.4 Å². The molecule has 1 heterocycles. The number of fused-ring (bicyclic) bond motifs is 3. The van der Waals surface area contributed by atoms with E-state index in [1.807, 2.05) is 11.3 Å². The number of hydrogen-bond donors (Lipinski definition) is 0. The number of para-hydroxylation sites is 1. The maximum atomic E-state index is 2.46. The minimum Gasteiger partial charge on any atom is -0.309 e. The molecule has 0 amide bonds. The fourth-order valence-corrected chi connectivity index (χ4v) is 8.36. The molecule has 9 rings (SSSR count). The lowest BCUT2D eigenvalue weighted by Gasteiger charge is -2.29. The van der Waals surface area contributed by atoms with Gasteiger partial charge in [0, 0.05) is 31.4 Å². The van der Waals surface area contributed by atoms with Gasteiger partial charge < -0.3 is 4.90 Å². The Bertz CT molecular complexity index is 2580. The van der Waals surface area contributed by atoms with Gasteiger partial charge in [0.1, 0.15) is 0 Å². The van der Waals surface area contributed by atoms with Crippen LogP contribution in [0.2, 0.25) is 0 Å². The summed E-state index contributed by atoms with van der Waals surface area (Å²) >= 11 is 1.86. The molecule has 0 atom stereocenters. The standard InChI is InChI=1S/C48H33NS/c1-3-16-34(17-4-1)38-20-7-8-21-39(38)36-30-32-37(33-31-36)49(45-27-15-29-47-48(45)43-25-12-14-28-46(43)50-47)44-26-13-11-24-42(44)41-23-10-9-22-40(41)35-18-5-2-6-19-35/h1-33H. The van der Waals surface area contributed by atoms with E-state index in [4.69, 9.17) is 0 Å². The minimum atomic E-state index is 1.11. The molecule has 0 saturated carbocycles. The summed E-state index contributed by atoms with van der Waals surface area (Å²) < 4.78 is 2.58. The summed E-state index contributed by atoms with van der Waals surface area (Å²) in [6.45, 7) is 0. The predicted octanol–water partition coefficient (Wildman–Crippen LogP) is 14.2. The van der Waals surface area contributed by atoms with Gasteiger partial charge in [0.05, 0.1) is 11.4 Å². The molecular formula is C48H33NS. The molecule has 0 radical (unpaired) electrons. The molecule has 50 heavy (non-hydrogen) atoms. The van der Waals surface area contributed by atoms with Crippen LogP contribution in [0.15, 0.2) is 200 Å². The number of nitrogens with zero attached hydrogens (tertiary/aromatic N) is 1. The molecule has 8 aromatic carbocycles. The normalized spacial score (nSPS) is 11.2. The highest BCUT2D eigenvalue weighted by molar-refractivity contribution is 7.26. The first kappa shape index (κ1) is 29.9. The maximum Gasteiger partial charge on any atom is 0.0555 e. The average Bonchev–Trinajstić information content (AvgIpc) is 3.59. The zero-order valence-electron chi connectivity index (χ0n) is 27.4. The number of thiophene rings is 1. The van der Waals surface area contributed by atoms with E-state index in [1.54, 1.807) is 0 Å². The monoisotopic (exact) mass is 655 g/mol. The fraction of sp³-hybridized carbons (Fsp3) is 0. The van der Waals surface area contributed by atoms with Crippen LogP contribution in [-0.4, -0.2) is 0 Å². The first-order chi connectivity index (χ1) is 24.8. The van der Waals surface area contributed by atoms with Gasteiger partial charge in [0.25, 0.3) is 0 Å². The number of benzene rings is 8. The molecule has 1 nitrogen and oxygen atoms in total. The average molecular weight is 656 g/mol. The Morgan fingerprint density at radius 3 is 1.42 bits per heavy atom. The highest BCUT2D eigenvalue weighted by Crippen LogP contribution is 2.48. The van der Waals surface area contributed by atoms with Crippen molar-refractivity contribution in [2.24, 2.45) is 0 Å². The van der Waals surface area contributed by atoms with Gasteiger partial charge in [0.15, 0.2) is 0 Å². The molecular weight excluding hydrogens is 623 g/mol. The second-order valence-corrected chi connectivity index (χ2v) is 13.6. The quantitative estimate of drug-likeness (QED) is 0.165. The summed E-state index contributed by atoms with van der Waals surface area (Å²) in [6, 6.07) is 72.3. The molecule has 2 heteroatoms. The van der Waals surface area contributed by atoms with E-state index < -0.39 is 0 Å². The van der Waals surface area contributed by atoms with Crippen LogP contribution in [0.3, 0.4) is 0 Å². The van der Waals surface area contributed by atoms with Crippen LogP contribution in [0.1, 0.15) is 0 Å². The molecule has 236 valence electrons. The van der Waals surface area contributed by atoms with Gasteiger partial charge in [-0.2, -0.15) is 0 Å². The second kappa shape index (κ2) is 13.0. The van der Waals surface area contributed by atoms with E-state index in [0.29, 0.717) is 0 Å². The molecule has 0 fully saturated rings. The van der Waals surface area contributed by atoms with Crippen LogP contribution in [-0.2, 0) is 0 Å². The van der Waals surface area contributed by atoms with Crippen LogP contribution in [0.4, 0.5) is 17.1 Å². The van der Waals surface area contributed by atoms with E-state index >= 15 is 0 Å². The molecule has 0 unspecified atom stereocenters. The third-order valence-corrected chi connectivity index (χ3v) is 10.7. The minimum absolute atomic E-state index is 1.11. The zero-order chi connectivity index (χ0) is 33.3. The van der Waals surface area contributed by atoms with Gasteiger partial charge in [-0.1, -0.05) is 164 Å². The van der Waals surface area contributed by atoms with Crippen molar-refractivity contribution >= 4 is 48.6 Å². The third kappa shape index (κ3) is 5.37. The SMILES string of the molecule is c1ccc(-c2ccccc2-c2ccc(N(c3ccccc3-c3ccccc3-c3ccccc3)c3cccc4sc5ccccc5c34)cc2)cc1. The Hall–Kier alpha value is -6.22. The topological polar surface area (TPSA) is 3.24 Å². The van der Waals surface area contributed by atoms with Gasteiger partial charge in [-0.3, -0.25) is 0 Å². The molecule has 1 aromatic heterocycles. The first-order valence-electron chi connectivity index (χ1n) is 17.0. The lowest BCUT2D eigenvalue weighted by atomic mass is 9.92. The van der Waals surface area contributed by atoms with Crippen molar-refractivity contribution in [2.75, 3.05) is 4.90 Å². The van der Waals surface area contributed by atoms with E-state index in [-0.39, 0.29) is 0 Å². The molecule has 0 saturated heterocycles. The van der Waals surface area contributed by atoms with Crippen LogP contribution in [0.5, 0.6) is 0 Å². The van der Waals surface area contributed by atoms with Crippen molar-refractivity contribution in [3.63, 3.8) is 0 Å². The summed E-state index contributed by atoms with van der Waals surface area (Å²) in [5.41, 5.74) is 13.1. The van der Waals surface area contributed by atoms with E-state index in [1.165, 1.54) is 70.4 Å². The summed E-state index contributed by atoms with van der Waals surface area (Å²) in [4.78, 5) is 2.46. The van der Waals surface area contributed by atoms with E-state index in [9.17, 15) is 0 Å². The number of rotatable bonds is 7. The van der Waals surface area contributed by atoms with Crippen LogP contribution >= 0.6 is 11.3 Å². The Morgan fingerprint density at radius 2 is 0.760 bits per heavy atom. The second-order valence-electron chi connectivity index (χ2n) is 12.5. The Balaban J connectivity index is 1.26. The van der Waals surface area contributed by atoms with E-state index in [2.05, 4.69) is 205 Å². The summed E-state index contributed by atoms with van der Waals surface area (Å²) in [7, 11) is 0. The van der Waals surface area contributed by atoms with Crippen molar-refractivity contribution in [3.8, 4) is 44.5 Å². The van der Waals surface area contributed by atoms with Gasteiger partial charge in [-0.15, -0.1) is 11.3 Å². The molecule has 0 aliphatic carbocycles. The van der Waals surface area contributed by atoms with Crippen molar-refractivity contribution in [3.05, 3.63) is 200 Å². The summed E-state index contributed by atoms with van der Waals surface area (Å²) in [5, 5.41) is 2.56. The lowest BCUT2D eigenvalue weighted by molar-refractivity contribution is 1.30. The molecule has 0 aliphatic heterocycles. The Kier molecular flexibility index (Phi) is 7.77. The predicted molar refractivity (Wildman–Crippen MR) is 216 cm³/mol. The molecule has 0 spiro atoms. The number of hydrogen-bond acceptors (Lipinski definition) is 2. The van der Waals surface area contributed by atoms with Gasteiger partial charge in [0.2, 0.25) is 0 Å². The highest BCUT2D eigenvalue weighted by Gasteiger charge is 2.22. The summed E-state index contributed by atoms with van der Waals surface area (Å²) in [6.07, 6.45) is 0. The van der Waals surface area contributed by atoms with Crippen LogP contribution < -0.4 is 4.90 Å². The zero-order valence-corrected chi connectivity index (χ0v) is 28.2. The largest absolute Gasteiger partial charge is 0.309 e. The van der Waals surface area contributed by atoms with Crippen molar-refractivity contribution in [1.82, 2.24) is 0 Å². The maximum absolute atomic E-state index is 2.46. The fourth-order valence-electron chi connectivity index (χ4n) is 7.23. The number of anilines is 3. The molecule has 9 aromatic rings. The van der Waals surface area contributed by atoms with Gasteiger partial charge >= 0.3 is 0 Å². The third-order valence-electron chi connectivity index (χ3n) is 9.52. The molecule has 0 N–H and O–H groups in total. The van der Waals surface area contributed by atoms with Gasteiger partial charge in [-0.05, 0) is 75.3 Å².